The molecule has 1 fully saturated rings. The second kappa shape index (κ2) is 8.58. The number of fused-ring (bicyclic) bond motifs is 1. The van der Waals surface area contributed by atoms with Crippen LogP contribution in [0.15, 0.2) is 36.5 Å². The molecule has 3 nitrogen and oxygen atoms in total. The zero-order chi connectivity index (χ0) is 13.9. The second-order valence-corrected chi connectivity index (χ2v) is 4.98. The van der Waals surface area contributed by atoms with Crippen LogP contribution in [0.5, 0.6) is 0 Å². The number of benzene rings is 1. The summed E-state index contributed by atoms with van der Waals surface area (Å²) in [5.74, 6) is 0. The first kappa shape index (κ1) is 19.0. The fourth-order valence-electron chi connectivity index (χ4n) is 2.83. The molecule has 122 valence electrons. The summed E-state index contributed by atoms with van der Waals surface area (Å²) >= 11 is 0. The van der Waals surface area contributed by atoms with Crippen LogP contribution in [0.3, 0.4) is 0 Å². The van der Waals surface area contributed by atoms with Crippen LogP contribution < -0.4 is 5.32 Å². The molecule has 22 heavy (non-hydrogen) atoms. The first-order chi connectivity index (χ1) is 9.77. The molecule has 0 saturated carbocycles. The SMILES string of the molecule is Cl.Cl.FC(F)[C@H](c1ccnc2ccccc12)N1CCNCC1. The first-order valence-corrected chi connectivity index (χ1v) is 6.84. The molecule has 1 saturated heterocycles. The molecule has 0 radical (unpaired) electrons. The summed E-state index contributed by atoms with van der Waals surface area (Å²) in [7, 11) is 0. The largest absolute Gasteiger partial charge is 0.314 e. The van der Waals surface area contributed by atoms with Gasteiger partial charge in [0.2, 0.25) is 0 Å². The van der Waals surface area contributed by atoms with Crippen molar-refractivity contribution in [2.24, 2.45) is 0 Å². The number of aromatic nitrogens is 1. The van der Waals surface area contributed by atoms with Crippen LogP contribution in [0.2, 0.25) is 0 Å². The number of rotatable bonds is 3. The molecular weight excluding hydrogens is 331 g/mol. The molecule has 1 aromatic carbocycles. The quantitative estimate of drug-likeness (QED) is 0.921. The third-order valence-electron chi connectivity index (χ3n) is 3.79. The van der Waals surface area contributed by atoms with Crippen molar-refractivity contribution in [2.45, 2.75) is 12.5 Å². The summed E-state index contributed by atoms with van der Waals surface area (Å²) in [5.41, 5.74) is 1.44. The second-order valence-electron chi connectivity index (χ2n) is 4.98. The number of pyridine rings is 1. The molecule has 7 heteroatoms. The molecule has 2 heterocycles. The lowest BCUT2D eigenvalue weighted by molar-refractivity contribution is 0.0189. The fourth-order valence-corrected chi connectivity index (χ4v) is 2.83. The molecule has 2 aromatic rings. The minimum Gasteiger partial charge on any atom is -0.314 e. The smallest absolute Gasteiger partial charge is 0.258 e. The number of nitrogens with zero attached hydrogens (tertiary/aromatic N) is 2. The molecule has 1 aliphatic rings. The van der Waals surface area contributed by atoms with E-state index in [9.17, 15) is 8.78 Å². The van der Waals surface area contributed by atoms with Gasteiger partial charge in [-0.25, -0.2) is 8.78 Å². The topological polar surface area (TPSA) is 28.2 Å². The summed E-state index contributed by atoms with van der Waals surface area (Å²) in [6.07, 6.45) is -0.784. The normalized spacial score (nSPS) is 16.9. The van der Waals surface area contributed by atoms with Crippen LogP contribution >= 0.6 is 24.8 Å². The van der Waals surface area contributed by atoms with Gasteiger partial charge >= 0.3 is 0 Å². The van der Waals surface area contributed by atoms with E-state index in [0.717, 1.165) is 24.0 Å². The van der Waals surface area contributed by atoms with Gasteiger partial charge in [-0.3, -0.25) is 9.88 Å². The van der Waals surface area contributed by atoms with Gasteiger partial charge in [0.1, 0.15) is 0 Å². The number of para-hydroxylation sites is 1. The van der Waals surface area contributed by atoms with Gasteiger partial charge in [-0.1, -0.05) is 18.2 Å². The van der Waals surface area contributed by atoms with Crippen molar-refractivity contribution in [2.75, 3.05) is 26.2 Å². The van der Waals surface area contributed by atoms with Gasteiger partial charge in [0.05, 0.1) is 11.6 Å². The summed E-state index contributed by atoms with van der Waals surface area (Å²) in [6, 6.07) is 8.34. The Morgan fingerprint density at radius 3 is 2.41 bits per heavy atom. The van der Waals surface area contributed by atoms with Crippen molar-refractivity contribution in [3.63, 3.8) is 0 Å². The highest BCUT2D eigenvalue weighted by Crippen LogP contribution is 2.32. The lowest BCUT2D eigenvalue weighted by atomic mass is 10.0. The molecule has 1 N–H and O–H groups in total. The van der Waals surface area contributed by atoms with E-state index in [1.807, 2.05) is 29.2 Å². The Kier molecular flexibility index (Phi) is 7.42. The average Bonchev–Trinajstić information content (AvgIpc) is 2.48. The Morgan fingerprint density at radius 2 is 1.73 bits per heavy atom. The van der Waals surface area contributed by atoms with E-state index in [1.54, 1.807) is 12.3 Å². The van der Waals surface area contributed by atoms with E-state index in [0.29, 0.717) is 18.7 Å². The summed E-state index contributed by atoms with van der Waals surface area (Å²) in [6.45, 7) is 2.80. The van der Waals surface area contributed by atoms with Crippen molar-refractivity contribution >= 4 is 35.7 Å². The number of piperazine rings is 1. The minimum absolute atomic E-state index is 0. The summed E-state index contributed by atoms with van der Waals surface area (Å²) < 4.78 is 27.2. The molecule has 3 rings (SSSR count). The number of alkyl halides is 2. The van der Waals surface area contributed by atoms with Gasteiger partial charge in [-0.15, -0.1) is 24.8 Å². The summed E-state index contributed by atoms with van der Waals surface area (Å²) in [4.78, 5) is 6.12. The van der Waals surface area contributed by atoms with E-state index < -0.39 is 12.5 Å². The monoisotopic (exact) mass is 349 g/mol. The van der Waals surface area contributed by atoms with Gasteiger partial charge in [0, 0.05) is 37.8 Å². The molecule has 1 aliphatic heterocycles. The van der Waals surface area contributed by atoms with Gasteiger partial charge in [-0.05, 0) is 17.7 Å². The molecule has 0 aliphatic carbocycles. The molecule has 0 bridgehead atoms. The maximum absolute atomic E-state index is 13.6. The molecule has 0 amide bonds. The van der Waals surface area contributed by atoms with Crippen molar-refractivity contribution in [1.29, 1.82) is 0 Å². The third kappa shape index (κ3) is 3.84. The highest BCUT2D eigenvalue weighted by atomic mass is 35.5. The van der Waals surface area contributed by atoms with Gasteiger partial charge in [-0.2, -0.15) is 0 Å². The van der Waals surface area contributed by atoms with E-state index in [4.69, 9.17) is 0 Å². The highest BCUT2D eigenvalue weighted by molar-refractivity contribution is 5.85. The van der Waals surface area contributed by atoms with E-state index in [-0.39, 0.29) is 24.8 Å². The molecule has 1 aromatic heterocycles. The maximum atomic E-state index is 13.6. The predicted molar refractivity (Wildman–Crippen MR) is 89.4 cm³/mol. The maximum Gasteiger partial charge on any atom is 0.258 e. The van der Waals surface area contributed by atoms with Crippen LogP contribution in [0.1, 0.15) is 11.6 Å². The first-order valence-electron chi connectivity index (χ1n) is 6.84. The Morgan fingerprint density at radius 1 is 1.05 bits per heavy atom. The Bertz CT molecular complexity index is 587. The highest BCUT2D eigenvalue weighted by Gasteiger charge is 2.31. The van der Waals surface area contributed by atoms with Crippen molar-refractivity contribution in [3.05, 3.63) is 42.1 Å². The lowest BCUT2D eigenvalue weighted by Gasteiger charge is -2.35. The Labute approximate surface area is 140 Å². The zero-order valence-electron chi connectivity index (χ0n) is 11.9. The van der Waals surface area contributed by atoms with E-state index in [1.165, 1.54) is 0 Å². The van der Waals surface area contributed by atoms with Crippen molar-refractivity contribution in [1.82, 2.24) is 15.2 Å². The Balaban J connectivity index is 0.00000121. The van der Waals surface area contributed by atoms with Crippen LogP contribution in [-0.4, -0.2) is 42.5 Å². The van der Waals surface area contributed by atoms with Gasteiger partial charge < -0.3 is 5.32 Å². The molecule has 0 unspecified atom stereocenters. The van der Waals surface area contributed by atoms with Gasteiger partial charge in [0.25, 0.3) is 6.43 Å². The number of hydrogen-bond donors (Lipinski definition) is 1. The van der Waals surface area contributed by atoms with Gasteiger partial charge in [0.15, 0.2) is 0 Å². The molecule has 0 spiro atoms. The molecular formula is C15H19Cl2F2N3. The third-order valence-corrected chi connectivity index (χ3v) is 3.79. The zero-order valence-corrected chi connectivity index (χ0v) is 13.5. The number of nitrogens with one attached hydrogen (secondary N) is 1. The molecule has 1 atom stereocenters. The van der Waals surface area contributed by atoms with Crippen LogP contribution in [0.4, 0.5) is 8.78 Å². The van der Waals surface area contributed by atoms with Crippen LogP contribution in [-0.2, 0) is 0 Å². The number of halogens is 4. The van der Waals surface area contributed by atoms with Crippen molar-refractivity contribution < 1.29 is 8.78 Å². The van der Waals surface area contributed by atoms with Crippen molar-refractivity contribution in [3.8, 4) is 0 Å². The number of hydrogen-bond acceptors (Lipinski definition) is 3. The van der Waals surface area contributed by atoms with Crippen LogP contribution in [0.25, 0.3) is 10.9 Å². The Hall–Kier alpha value is -1.01. The lowest BCUT2D eigenvalue weighted by Crippen LogP contribution is -2.47. The standard InChI is InChI=1S/C15H17F2N3.2ClH/c16-15(17)14(20-9-7-18-8-10-20)12-5-6-19-13-4-2-1-3-11(12)13;;/h1-6,14-15,18H,7-10H2;2*1H/t14-;;/m0../s1. The average molecular weight is 350 g/mol. The van der Waals surface area contributed by atoms with E-state index >= 15 is 0 Å². The predicted octanol–water partition coefficient (Wildman–Crippen LogP) is 3.29. The fraction of sp³-hybridized carbons (Fsp3) is 0.400. The minimum atomic E-state index is -2.40. The summed E-state index contributed by atoms with van der Waals surface area (Å²) in [5, 5.41) is 4.02. The van der Waals surface area contributed by atoms with Crippen LogP contribution in [0, 0.1) is 0 Å². The van der Waals surface area contributed by atoms with E-state index in [2.05, 4.69) is 10.3 Å².